The highest BCUT2D eigenvalue weighted by Gasteiger charge is 2.50. The number of aliphatic hydroxyl groups excluding tert-OH is 2. The second-order valence-electron chi connectivity index (χ2n) is 13.0. The smallest absolute Gasteiger partial charge is 0.282 e. The Morgan fingerprint density at radius 1 is 1.16 bits per heavy atom. The first kappa shape index (κ1) is 34.0. The fourth-order valence-electron chi connectivity index (χ4n) is 6.73. The molecule has 1 aromatic carbocycles. The number of aromatic nitrogens is 3. The van der Waals surface area contributed by atoms with Crippen LogP contribution in [0.15, 0.2) is 24.5 Å². The van der Waals surface area contributed by atoms with Crippen LogP contribution in [-0.4, -0.2) is 124 Å². The molecule has 2 aromatic rings. The lowest BCUT2D eigenvalue weighted by atomic mass is 9.76. The van der Waals surface area contributed by atoms with Crippen LogP contribution in [0.25, 0.3) is 0 Å². The monoisotopic (exact) mass is 615 g/mol. The van der Waals surface area contributed by atoms with Crippen LogP contribution in [0.1, 0.15) is 64.2 Å². The van der Waals surface area contributed by atoms with Gasteiger partial charge in [0.05, 0.1) is 24.8 Å². The first-order valence-electron chi connectivity index (χ1n) is 15.9. The first-order valence-corrected chi connectivity index (χ1v) is 15.9. The molecule has 2 aliphatic rings. The summed E-state index contributed by atoms with van der Waals surface area (Å²) in [7, 11) is 1.95. The highest BCUT2D eigenvalue weighted by Crippen LogP contribution is 2.44. The maximum Gasteiger partial charge on any atom is 0.282 e. The topological polar surface area (TPSA) is 118 Å². The molecule has 0 unspecified atom stereocenters. The van der Waals surface area contributed by atoms with Crippen molar-refractivity contribution in [3.63, 3.8) is 0 Å². The van der Waals surface area contributed by atoms with Crippen LogP contribution in [0.4, 0.5) is 10.2 Å². The molecule has 44 heavy (non-hydrogen) atoms. The van der Waals surface area contributed by atoms with Crippen LogP contribution in [0, 0.1) is 17.2 Å². The van der Waals surface area contributed by atoms with Gasteiger partial charge >= 0.3 is 0 Å². The van der Waals surface area contributed by atoms with Crippen LogP contribution in [0.2, 0.25) is 0 Å². The second-order valence-corrected chi connectivity index (χ2v) is 13.0. The number of carbonyl (C=O) groups is 1. The molecule has 0 radical (unpaired) electrons. The van der Waals surface area contributed by atoms with Gasteiger partial charge in [-0.1, -0.05) is 13.8 Å². The van der Waals surface area contributed by atoms with E-state index in [1.54, 1.807) is 4.90 Å². The van der Waals surface area contributed by atoms with E-state index in [1.807, 2.05) is 32.7 Å². The Bertz CT molecular complexity index is 1240. The molecule has 3 heterocycles. The number of likely N-dealkylation sites (tertiary alicyclic amines) is 1. The van der Waals surface area contributed by atoms with E-state index in [1.165, 1.54) is 24.5 Å². The van der Waals surface area contributed by atoms with Crippen LogP contribution in [0.5, 0.6) is 11.6 Å². The van der Waals surface area contributed by atoms with Gasteiger partial charge in [0.25, 0.3) is 11.8 Å². The molecule has 1 amide bonds. The van der Waals surface area contributed by atoms with E-state index >= 15 is 0 Å². The van der Waals surface area contributed by atoms with Crippen LogP contribution < -0.4 is 9.64 Å². The van der Waals surface area contributed by atoms with Gasteiger partial charge in [0, 0.05) is 50.2 Å². The second kappa shape index (κ2) is 14.9. The summed E-state index contributed by atoms with van der Waals surface area (Å²) in [4.78, 5) is 26.3. The summed E-state index contributed by atoms with van der Waals surface area (Å²) in [5.74, 6) is 0.678. The summed E-state index contributed by atoms with van der Waals surface area (Å²) in [6.07, 6.45) is 4.48. The van der Waals surface area contributed by atoms with Gasteiger partial charge in [-0.15, -0.1) is 10.2 Å². The average molecular weight is 616 g/mol. The molecule has 1 atom stereocenters. The van der Waals surface area contributed by atoms with Gasteiger partial charge in [0.15, 0.2) is 5.82 Å². The van der Waals surface area contributed by atoms with Crippen molar-refractivity contribution in [3.05, 3.63) is 35.9 Å². The van der Waals surface area contributed by atoms with Gasteiger partial charge < -0.3 is 24.7 Å². The minimum Gasteiger partial charge on any atom is -0.434 e. The molecule has 2 aliphatic heterocycles. The number of aliphatic hydroxyl groups is 2. The number of rotatable bonds is 15. The van der Waals surface area contributed by atoms with E-state index in [-0.39, 0.29) is 53.8 Å². The summed E-state index contributed by atoms with van der Waals surface area (Å²) in [6, 6.07) is 4.14. The van der Waals surface area contributed by atoms with E-state index in [9.17, 15) is 19.4 Å². The molecule has 1 spiro atoms. The van der Waals surface area contributed by atoms with Gasteiger partial charge in [-0.25, -0.2) is 9.37 Å². The fourth-order valence-corrected chi connectivity index (χ4v) is 6.73. The van der Waals surface area contributed by atoms with Gasteiger partial charge in [-0.05, 0) is 77.7 Å². The van der Waals surface area contributed by atoms with Crippen molar-refractivity contribution in [2.45, 2.75) is 72.0 Å². The van der Waals surface area contributed by atoms with Gasteiger partial charge in [-0.2, -0.15) is 0 Å². The molecule has 2 N–H and O–H groups in total. The van der Waals surface area contributed by atoms with E-state index in [4.69, 9.17) is 4.74 Å². The Balaban J connectivity index is 1.42. The number of benzene rings is 1. The average Bonchev–Trinajstić information content (AvgIpc) is 3.42. The summed E-state index contributed by atoms with van der Waals surface area (Å²) >= 11 is 0. The van der Waals surface area contributed by atoms with Crippen molar-refractivity contribution in [2.75, 3.05) is 64.4 Å². The van der Waals surface area contributed by atoms with Crippen LogP contribution in [-0.2, 0) is 0 Å². The summed E-state index contributed by atoms with van der Waals surface area (Å²) in [5.41, 5.74) is 0.292. The molecule has 0 saturated carbocycles. The molecule has 11 nitrogen and oxygen atoms in total. The number of nitrogens with zero attached hydrogens (tertiary/aromatic N) is 7. The number of amides is 1. The lowest BCUT2D eigenvalue weighted by Gasteiger charge is -2.53. The number of hydrogen-bond acceptors (Lipinski definition) is 10. The predicted molar refractivity (Wildman–Crippen MR) is 167 cm³/mol. The number of hydrogen-bond donors (Lipinski definition) is 2. The van der Waals surface area contributed by atoms with Crippen molar-refractivity contribution in [3.8, 4) is 11.6 Å². The summed E-state index contributed by atoms with van der Waals surface area (Å²) in [5, 5.41) is 27.1. The largest absolute Gasteiger partial charge is 0.434 e. The van der Waals surface area contributed by atoms with E-state index in [0.717, 1.165) is 52.0 Å². The third-order valence-electron chi connectivity index (χ3n) is 9.28. The lowest BCUT2D eigenvalue weighted by Crippen LogP contribution is -2.62. The van der Waals surface area contributed by atoms with E-state index in [0.29, 0.717) is 24.3 Å². The van der Waals surface area contributed by atoms with Crippen molar-refractivity contribution in [1.29, 1.82) is 0 Å². The zero-order valence-corrected chi connectivity index (χ0v) is 27.1. The van der Waals surface area contributed by atoms with Crippen LogP contribution >= 0.6 is 0 Å². The Morgan fingerprint density at radius 2 is 1.89 bits per heavy atom. The number of likely N-dealkylation sites (N-methyl/N-ethyl adjacent to an activating group) is 1. The van der Waals surface area contributed by atoms with E-state index in [2.05, 4.69) is 38.8 Å². The van der Waals surface area contributed by atoms with Crippen molar-refractivity contribution >= 4 is 11.7 Å². The quantitative estimate of drug-likeness (QED) is 0.309. The molecule has 244 valence electrons. The Hall–Kier alpha value is -2.93. The highest BCUT2D eigenvalue weighted by molar-refractivity contribution is 5.97. The van der Waals surface area contributed by atoms with Crippen molar-refractivity contribution < 1.29 is 24.1 Å². The third kappa shape index (κ3) is 7.64. The predicted octanol–water partition coefficient (Wildman–Crippen LogP) is 3.28. The molecule has 2 saturated heterocycles. The maximum atomic E-state index is 14.3. The Labute approximate surface area is 261 Å². The number of carbonyl (C=O) groups excluding carboxylic acids is 1. The van der Waals surface area contributed by atoms with Gasteiger partial charge in [0.1, 0.15) is 17.9 Å². The number of ether oxygens (including phenoxy) is 1. The fraction of sp³-hybridized carbons (Fsp3) is 0.688. The first-order chi connectivity index (χ1) is 21.0. The molecular formula is C32H50FN7O4. The summed E-state index contributed by atoms with van der Waals surface area (Å²) in [6.45, 7) is 15.1. The minimum atomic E-state index is -0.514. The van der Waals surface area contributed by atoms with Gasteiger partial charge in [-0.3, -0.25) is 14.6 Å². The third-order valence-corrected chi connectivity index (χ3v) is 9.28. The van der Waals surface area contributed by atoms with Crippen molar-refractivity contribution in [1.82, 2.24) is 29.9 Å². The standard InChI is InChI=1S/C32H50FN7O4/c1-7-40(23(4)5)31(43)26-15-24(33)10-11-28(26)44-30-29(34-21-35-36-30)38-14-12-32(18-38)19-39(20-32)27(22(2)3)9-8-13-37(6)25(16-41)17-42/h10-11,15,21-23,25,27,41-42H,7-9,12-14,16-20H2,1-6H3/t27-/m1/s1. The molecule has 0 bridgehead atoms. The normalized spacial score (nSPS) is 17.2. The number of anilines is 1. The maximum absolute atomic E-state index is 14.3. The molecule has 12 heteroatoms. The number of halogens is 1. The van der Waals surface area contributed by atoms with Crippen LogP contribution in [0.3, 0.4) is 0 Å². The van der Waals surface area contributed by atoms with Gasteiger partial charge in [0.2, 0.25) is 0 Å². The Morgan fingerprint density at radius 3 is 2.52 bits per heavy atom. The molecule has 2 fully saturated rings. The zero-order valence-electron chi connectivity index (χ0n) is 27.1. The molecule has 1 aromatic heterocycles. The Kier molecular flexibility index (Phi) is 11.5. The SMILES string of the molecule is CCN(C(=O)c1cc(F)ccc1Oc1nncnc1N1CCC2(C1)CN([C@H](CCCN(C)C(CO)CO)C(C)C)C2)C(C)C. The molecular weight excluding hydrogens is 565 g/mol. The van der Waals surface area contributed by atoms with E-state index < -0.39 is 5.82 Å². The highest BCUT2D eigenvalue weighted by atomic mass is 19.1. The lowest BCUT2D eigenvalue weighted by molar-refractivity contribution is -0.0349. The summed E-state index contributed by atoms with van der Waals surface area (Å²) < 4.78 is 20.4. The minimum absolute atomic E-state index is 0.0425. The van der Waals surface area contributed by atoms with Crippen molar-refractivity contribution in [2.24, 2.45) is 11.3 Å². The molecule has 0 aliphatic carbocycles. The zero-order chi connectivity index (χ0) is 32.0. The molecule has 4 rings (SSSR count).